The van der Waals surface area contributed by atoms with E-state index in [-0.39, 0.29) is 10.8 Å². The molecule has 22 heavy (non-hydrogen) atoms. The lowest BCUT2D eigenvalue weighted by molar-refractivity contribution is 0.263. The zero-order chi connectivity index (χ0) is 15.7. The molecule has 1 saturated heterocycles. The van der Waals surface area contributed by atoms with E-state index in [2.05, 4.69) is 4.98 Å². The Morgan fingerprint density at radius 3 is 2.50 bits per heavy atom. The molecule has 116 valence electrons. The average Bonchev–Trinajstić information content (AvgIpc) is 2.46. The number of ether oxygens (including phenoxy) is 1. The molecule has 1 aromatic heterocycles. The summed E-state index contributed by atoms with van der Waals surface area (Å²) in [4.78, 5) is 4.22. The van der Waals surface area contributed by atoms with Gasteiger partial charge in [0.05, 0.1) is 7.11 Å². The van der Waals surface area contributed by atoms with Crippen LogP contribution in [0.5, 0.6) is 5.75 Å². The summed E-state index contributed by atoms with van der Waals surface area (Å²) in [5, 5.41) is 0. The van der Waals surface area contributed by atoms with E-state index < -0.39 is 10.0 Å². The van der Waals surface area contributed by atoms with Crippen LogP contribution < -0.4 is 4.74 Å². The van der Waals surface area contributed by atoms with Gasteiger partial charge in [-0.05, 0) is 42.3 Å². The number of rotatable bonds is 4. The molecule has 0 aliphatic carbocycles. The highest BCUT2D eigenvalue weighted by Crippen LogP contribution is 2.35. The highest BCUT2D eigenvalue weighted by atomic mass is 32.2. The summed E-state index contributed by atoms with van der Waals surface area (Å²) < 4.78 is 32.2. The first-order valence-electron chi connectivity index (χ1n) is 7.07. The minimum atomic E-state index is -3.52. The lowest BCUT2D eigenvalue weighted by Gasteiger charge is -2.38. The molecule has 5 nitrogen and oxygen atoms in total. The molecule has 2 heterocycles. The minimum absolute atomic E-state index is 0.230. The van der Waals surface area contributed by atoms with E-state index >= 15 is 0 Å². The van der Waals surface area contributed by atoms with Crippen molar-refractivity contribution < 1.29 is 13.2 Å². The fraction of sp³-hybridized carbons (Fsp3) is 0.312. The van der Waals surface area contributed by atoms with Crippen molar-refractivity contribution >= 4 is 10.0 Å². The van der Waals surface area contributed by atoms with E-state index in [4.69, 9.17) is 4.74 Å². The SMILES string of the molecule is COc1ccc(C)cc1S(=O)(=O)N1CC(c2ccncc2)C1. The molecule has 1 aliphatic heterocycles. The largest absolute Gasteiger partial charge is 0.495 e. The van der Waals surface area contributed by atoms with Crippen molar-refractivity contribution in [2.75, 3.05) is 20.2 Å². The smallest absolute Gasteiger partial charge is 0.246 e. The quantitative estimate of drug-likeness (QED) is 0.867. The van der Waals surface area contributed by atoms with Crippen molar-refractivity contribution in [3.05, 3.63) is 53.9 Å². The molecule has 1 aliphatic rings. The Labute approximate surface area is 130 Å². The summed E-state index contributed by atoms with van der Waals surface area (Å²) >= 11 is 0. The highest BCUT2D eigenvalue weighted by molar-refractivity contribution is 7.89. The van der Waals surface area contributed by atoms with Gasteiger partial charge in [-0.2, -0.15) is 4.31 Å². The number of aryl methyl sites for hydroxylation is 1. The fourth-order valence-corrected chi connectivity index (χ4v) is 4.38. The van der Waals surface area contributed by atoms with Gasteiger partial charge in [-0.25, -0.2) is 8.42 Å². The third kappa shape index (κ3) is 2.60. The molecule has 3 rings (SSSR count). The molecule has 0 N–H and O–H groups in total. The van der Waals surface area contributed by atoms with Gasteiger partial charge < -0.3 is 4.74 Å². The number of hydrogen-bond donors (Lipinski definition) is 0. The molecule has 6 heteroatoms. The second-order valence-electron chi connectivity index (χ2n) is 5.45. The Morgan fingerprint density at radius 2 is 1.86 bits per heavy atom. The van der Waals surface area contributed by atoms with E-state index in [1.165, 1.54) is 11.4 Å². The predicted octanol–water partition coefficient (Wildman–Crippen LogP) is 2.19. The van der Waals surface area contributed by atoms with E-state index in [9.17, 15) is 8.42 Å². The zero-order valence-corrected chi connectivity index (χ0v) is 13.4. The Hall–Kier alpha value is -1.92. The molecule has 0 unspecified atom stereocenters. The molecule has 0 bridgehead atoms. The Balaban J connectivity index is 1.83. The summed E-state index contributed by atoms with van der Waals surface area (Å²) in [6, 6.07) is 9.06. The first kappa shape index (κ1) is 15.0. The number of benzene rings is 1. The van der Waals surface area contributed by atoms with Gasteiger partial charge in [0.1, 0.15) is 10.6 Å². The van der Waals surface area contributed by atoms with Crippen LogP contribution in [0, 0.1) is 6.92 Å². The normalized spacial score (nSPS) is 16.3. The Bertz CT molecular complexity index is 769. The van der Waals surface area contributed by atoms with Gasteiger partial charge in [0.2, 0.25) is 10.0 Å². The number of pyridine rings is 1. The van der Waals surface area contributed by atoms with Crippen molar-refractivity contribution in [2.45, 2.75) is 17.7 Å². The third-order valence-electron chi connectivity index (χ3n) is 3.96. The number of methoxy groups -OCH3 is 1. The molecular weight excluding hydrogens is 300 g/mol. The van der Waals surface area contributed by atoms with Crippen LogP contribution in [0.2, 0.25) is 0 Å². The van der Waals surface area contributed by atoms with Crippen LogP contribution in [0.15, 0.2) is 47.6 Å². The molecule has 0 atom stereocenters. The molecule has 1 aromatic carbocycles. The van der Waals surface area contributed by atoms with Gasteiger partial charge in [-0.3, -0.25) is 4.98 Å². The van der Waals surface area contributed by atoms with Crippen LogP contribution in [0.3, 0.4) is 0 Å². The molecule has 0 amide bonds. The van der Waals surface area contributed by atoms with Crippen molar-refractivity contribution in [3.8, 4) is 5.75 Å². The number of sulfonamides is 1. The van der Waals surface area contributed by atoms with Crippen molar-refractivity contribution in [2.24, 2.45) is 0 Å². The van der Waals surface area contributed by atoms with Gasteiger partial charge in [-0.1, -0.05) is 6.07 Å². The summed E-state index contributed by atoms with van der Waals surface area (Å²) in [5.41, 5.74) is 2.02. The minimum Gasteiger partial charge on any atom is -0.495 e. The van der Waals surface area contributed by atoms with E-state index in [1.807, 2.05) is 25.1 Å². The second kappa shape index (κ2) is 5.70. The van der Waals surface area contributed by atoms with Gasteiger partial charge >= 0.3 is 0 Å². The van der Waals surface area contributed by atoms with Gasteiger partial charge in [0, 0.05) is 31.4 Å². The molecule has 2 aromatic rings. The van der Waals surface area contributed by atoms with Crippen molar-refractivity contribution in [1.82, 2.24) is 9.29 Å². The molecule has 0 radical (unpaired) electrons. The van der Waals surface area contributed by atoms with Crippen LogP contribution in [0.25, 0.3) is 0 Å². The standard InChI is InChI=1S/C16H18N2O3S/c1-12-3-4-15(21-2)16(9-12)22(19,20)18-10-14(11-18)13-5-7-17-8-6-13/h3-9,14H,10-11H2,1-2H3. The molecule has 1 fully saturated rings. The highest BCUT2D eigenvalue weighted by Gasteiger charge is 2.38. The second-order valence-corrected chi connectivity index (χ2v) is 7.36. The van der Waals surface area contributed by atoms with Crippen LogP contribution in [-0.4, -0.2) is 37.9 Å². The maximum Gasteiger partial charge on any atom is 0.246 e. The first-order chi connectivity index (χ1) is 10.5. The Morgan fingerprint density at radius 1 is 1.18 bits per heavy atom. The van der Waals surface area contributed by atoms with Crippen molar-refractivity contribution in [3.63, 3.8) is 0 Å². The van der Waals surface area contributed by atoms with Gasteiger partial charge in [0.15, 0.2) is 0 Å². The average molecular weight is 318 g/mol. The fourth-order valence-electron chi connectivity index (χ4n) is 2.61. The predicted molar refractivity (Wildman–Crippen MR) is 83.5 cm³/mol. The van der Waals surface area contributed by atoms with Crippen molar-refractivity contribution in [1.29, 1.82) is 0 Å². The van der Waals surface area contributed by atoms with Crippen LogP contribution in [0.1, 0.15) is 17.0 Å². The van der Waals surface area contributed by atoms with E-state index in [1.54, 1.807) is 24.5 Å². The summed E-state index contributed by atoms with van der Waals surface area (Å²) in [6.07, 6.45) is 3.46. The summed E-state index contributed by atoms with van der Waals surface area (Å²) in [5.74, 6) is 0.617. The van der Waals surface area contributed by atoms with E-state index in [0.29, 0.717) is 18.8 Å². The van der Waals surface area contributed by atoms with Gasteiger partial charge in [0.25, 0.3) is 0 Å². The lowest BCUT2D eigenvalue weighted by Crippen LogP contribution is -2.48. The molecule has 0 saturated carbocycles. The zero-order valence-electron chi connectivity index (χ0n) is 12.6. The number of hydrogen-bond acceptors (Lipinski definition) is 4. The first-order valence-corrected chi connectivity index (χ1v) is 8.51. The topological polar surface area (TPSA) is 59.5 Å². The van der Waals surface area contributed by atoms with Crippen LogP contribution in [0.4, 0.5) is 0 Å². The maximum absolute atomic E-state index is 12.8. The Kier molecular flexibility index (Phi) is 3.88. The lowest BCUT2D eigenvalue weighted by atomic mass is 9.95. The maximum atomic E-state index is 12.8. The third-order valence-corrected chi connectivity index (χ3v) is 5.82. The number of aromatic nitrogens is 1. The number of nitrogens with zero attached hydrogens (tertiary/aromatic N) is 2. The van der Waals surface area contributed by atoms with E-state index in [0.717, 1.165) is 11.1 Å². The van der Waals surface area contributed by atoms with Gasteiger partial charge in [-0.15, -0.1) is 0 Å². The monoisotopic (exact) mass is 318 g/mol. The van der Waals surface area contributed by atoms with Crippen LogP contribution in [-0.2, 0) is 10.0 Å². The van der Waals surface area contributed by atoms with Crippen LogP contribution >= 0.6 is 0 Å². The molecular formula is C16H18N2O3S. The summed E-state index contributed by atoms with van der Waals surface area (Å²) in [7, 11) is -2.03. The molecule has 0 spiro atoms. The summed E-state index contributed by atoms with van der Waals surface area (Å²) in [6.45, 7) is 2.85.